The largest absolute Gasteiger partial charge is 0.329 e. The molecule has 1 aliphatic rings. The van der Waals surface area contributed by atoms with Gasteiger partial charge in [0, 0.05) is 25.2 Å². The summed E-state index contributed by atoms with van der Waals surface area (Å²) in [5, 5.41) is 2.15. The van der Waals surface area contributed by atoms with Gasteiger partial charge in [-0.25, -0.2) is 10.4 Å². The lowest BCUT2D eigenvalue weighted by Crippen LogP contribution is -2.63. The van der Waals surface area contributed by atoms with Crippen molar-refractivity contribution in [3.8, 4) is 0 Å². The van der Waals surface area contributed by atoms with Crippen molar-refractivity contribution in [1.29, 1.82) is 0 Å². The summed E-state index contributed by atoms with van der Waals surface area (Å²) in [6.07, 6.45) is 1.18. The van der Waals surface area contributed by atoms with Crippen molar-refractivity contribution in [3.63, 3.8) is 0 Å². The van der Waals surface area contributed by atoms with Crippen LogP contribution in [-0.2, 0) is 0 Å². The Bertz CT molecular complexity index is 118. The Morgan fingerprint density at radius 2 is 2.27 bits per heavy atom. The molecule has 0 amide bonds. The average Bonchev–Trinajstić information content (AvgIpc) is 2.06. The molecule has 0 aromatic heterocycles. The molecule has 66 valence electrons. The van der Waals surface area contributed by atoms with Gasteiger partial charge in [-0.2, -0.15) is 5.53 Å². The van der Waals surface area contributed by atoms with Gasteiger partial charge in [0.05, 0.1) is 0 Å². The normalized spacial score (nSPS) is 22.1. The molecule has 4 N–H and O–H groups in total. The Morgan fingerprint density at radius 1 is 1.55 bits per heavy atom. The van der Waals surface area contributed by atoms with Crippen LogP contribution in [0.15, 0.2) is 0 Å². The molecule has 0 aromatic carbocycles. The lowest BCUT2D eigenvalue weighted by atomic mass is 10.1. The summed E-state index contributed by atoms with van der Waals surface area (Å²) in [6, 6.07) is 0. The van der Waals surface area contributed by atoms with E-state index in [9.17, 15) is 0 Å². The van der Waals surface area contributed by atoms with E-state index in [0.717, 1.165) is 13.1 Å². The lowest BCUT2D eigenvalue weighted by Gasteiger charge is -2.40. The van der Waals surface area contributed by atoms with Gasteiger partial charge in [-0.3, -0.25) is 0 Å². The number of nitrogens with zero attached hydrogens (tertiary/aromatic N) is 1. The number of nitrogens with two attached hydrogens (primary N) is 1. The number of nitrogens with one attached hydrogen (secondary N) is 2. The molecule has 1 fully saturated rings. The van der Waals surface area contributed by atoms with Crippen molar-refractivity contribution in [2.45, 2.75) is 25.8 Å². The van der Waals surface area contributed by atoms with Gasteiger partial charge in [0.2, 0.25) is 0 Å². The van der Waals surface area contributed by atoms with Gasteiger partial charge in [0.15, 0.2) is 0 Å². The van der Waals surface area contributed by atoms with E-state index in [-0.39, 0.29) is 5.54 Å². The van der Waals surface area contributed by atoms with Crippen LogP contribution in [0.5, 0.6) is 0 Å². The second kappa shape index (κ2) is 3.49. The van der Waals surface area contributed by atoms with E-state index in [2.05, 4.69) is 29.8 Å². The van der Waals surface area contributed by atoms with Crippen LogP contribution in [0.4, 0.5) is 0 Å². The zero-order valence-electron chi connectivity index (χ0n) is 7.35. The number of hydrazine groups is 2. The fourth-order valence-electron chi connectivity index (χ4n) is 1.10. The van der Waals surface area contributed by atoms with Crippen LogP contribution in [0.2, 0.25) is 0 Å². The van der Waals surface area contributed by atoms with Crippen molar-refractivity contribution >= 4 is 0 Å². The summed E-state index contributed by atoms with van der Waals surface area (Å²) in [4.78, 5) is 0. The fraction of sp³-hybridized carbons (Fsp3) is 1.00. The highest BCUT2D eigenvalue weighted by Gasteiger charge is 2.25. The van der Waals surface area contributed by atoms with Crippen LogP contribution in [0, 0.1) is 0 Å². The minimum absolute atomic E-state index is 0.0490. The van der Waals surface area contributed by atoms with Crippen LogP contribution in [0.3, 0.4) is 0 Å². The predicted octanol–water partition coefficient (Wildman–Crippen LogP) is -0.561. The van der Waals surface area contributed by atoms with Gasteiger partial charge >= 0.3 is 0 Å². The van der Waals surface area contributed by atoms with Gasteiger partial charge in [-0.1, -0.05) is 0 Å². The molecule has 0 saturated carbocycles. The van der Waals surface area contributed by atoms with Crippen LogP contribution < -0.4 is 16.7 Å². The zero-order chi connectivity index (χ0) is 8.32. The molecule has 0 radical (unpaired) electrons. The minimum atomic E-state index is 0.0490. The second-order valence-electron chi connectivity index (χ2n) is 3.56. The third kappa shape index (κ3) is 2.13. The summed E-state index contributed by atoms with van der Waals surface area (Å²) in [5.74, 6) is 0. The second-order valence-corrected chi connectivity index (χ2v) is 3.56. The van der Waals surface area contributed by atoms with E-state index in [0.29, 0.717) is 6.54 Å². The first-order valence-electron chi connectivity index (χ1n) is 4.13. The van der Waals surface area contributed by atoms with Crippen molar-refractivity contribution in [2.75, 3.05) is 19.6 Å². The molecule has 1 saturated heterocycles. The molecule has 0 bridgehead atoms. The van der Waals surface area contributed by atoms with E-state index < -0.39 is 0 Å². The first kappa shape index (κ1) is 8.93. The first-order valence-corrected chi connectivity index (χ1v) is 4.13. The molecular formula is C7H18N4. The van der Waals surface area contributed by atoms with Crippen molar-refractivity contribution in [3.05, 3.63) is 0 Å². The van der Waals surface area contributed by atoms with Crippen molar-refractivity contribution < 1.29 is 0 Å². The standard InChI is InChI=1S/C7H18N4/c1-7(2,6-8)11-5-3-4-9-10-11/h9-10H,3-6,8H2,1-2H3. The maximum Gasteiger partial charge on any atom is 0.0433 e. The van der Waals surface area contributed by atoms with Gasteiger partial charge < -0.3 is 5.73 Å². The predicted molar refractivity (Wildman–Crippen MR) is 45.6 cm³/mol. The highest BCUT2D eigenvalue weighted by molar-refractivity contribution is 4.80. The van der Waals surface area contributed by atoms with Crippen LogP contribution in [-0.4, -0.2) is 30.2 Å². The van der Waals surface area contributed by atoms with Gasteiger partial charge in [0.1, 0.15) is 0 Å². The summed E-state index contributed by atoms with van der Waals surface area (Å²) in [5.41, 5.74) is 11.9. The van der Waals surface area contributed by atoms with Gasteiger partial charge in [-0.05, 0) is 20.3 Å². The summed E-state index contributed by atoms with van der Waals surface area (Å²) in [7, 11) is 0. The zero-order valence-corrected chi connectivity index (χ0v) is 7.35. The molecule has 11 heavy (non-hydrogen) atoms. The Morgan fingerprint density at radius 3 is 2.73 bits per heavy atom. The van der Waals surface area contributed by atoms with Crippen molar-refractivity contribution in [1.82, 2.24) is 16.0 Å². The van der Waals surface area contributed by atoms with Gasteiger partial charge in [-0.15, -0.1) is 0 Å². The molecule has 1 rings (SSSR count). The maximum absolute atomic E-state index is 5.63. The highest BCUT2D eigenvalue weighted by Crippen LogP contribution is 2.10. The summed E-state index contributed by atoms with van der Waals surface area (Å²) < 4.78 is 0. The molecule has 1 heterocycles. The fourth-order valence-corrected chi connectivity index (χ4v) is 1.10. The molecule has 0 spiro atoms. The third-order valence-electron chi connectivity index (χ3n) is 2.13. The number of hydrogen-bond acceptors (Lipinski definition) is 4. The molecular weight excluding hydrogens is 140 g/mol. The SMILES string of the molecule is CC(C)(CN)N1CCCNN1. The van der Waals surface area contributed by atoms with E-state index in [4.69, 9.17) is 5.73 Å². The lowest BCUT2D eigenvalue weighted by molar-refractivity contribution is 0.0199. The van der Waals surface area contributed by atoms with Gasteiger partial charge in [0.25, 0.3) is 0 Å². The Kier molecular flexibility index (Phi) is 2.84. The monoisotopic (exact) mass is 158 g/mol. The molecule has 0 aliphatic carbocycles. The quantitative estimate of drug-likeness (QED) is 0.504. The molecule has 1 aliphatic heterocycles. The van der Waals surface area contributed by atoms with E-state index >= 15 is 0 Å². The van der Waals surface area contributed by atoms with E-state index in [1.54, 1.807) is 0 Å². The van der Waals surface area contributed by atoms with E-state index in [1.165, 1.54) is 6.42 Å². The van der Waals surface area contributed by atoms with Crippen LogP contribution in [0.1, 0.15) is 20.3 Å². The Hall–Kier alpha value is -0.160. The average molecular weight is 158 g/mol. The summed E-state index contributed by atoms with van der Waals surface area (Å²) in [6.45, 7) is 7.04. The molecule has 0 unspecified atom stereocenters. The molecule has 0 aromatic rings. The number of rotatable bonds is 2. The smallest absolute Gasteiger partial charge is 0.0433 e. The van der Waals surface area contributed by atoms with E-state index in [1.807, 2.05) is 0 Å². The Balaban J connectivity index is 2.43. The number of hydrogen-bond donors (Lipinski definition) is 3. The van der Waals surface area contributed by atoms with Crippen molar-refractivity contribution in [2.24, 2.45) is 5.73 Å². The van der Waals surface area contributed by atoms with Crippen LogP contribution >= 0.6 is 0 Å². The molecule has 0 atom stereocenters. The maximum atomic E-state index is 5.63. The Labute approximate surface area is 68.1 Å². The third-order valence-corrected chi connectivity index (χ3v) is 2.13. The summed E-state index contributed by atoms with van der Waals surface area (Å²) >= 11 is 0. The highest BCUT2D eigenvalue weighted by atomic mass is 15.7. The first-order chi connectivity index (χ1) is 5.17. The molecule has 4 nitrogen and oxygen atoms in total. The van der Waals surface area contributed by atoms with Crippen LogP contribution in [0.25, 0.3) is 0 Å². The molecule has 4 heteroatoms. The topological polar surface area (TPSA) is 53.3 Å². The minimum Gasteiger partial charge on any atom is -0.329 e.